The average molecular weight is 172 g/mol. The zero-order chi connectivity index (χ0) is 8.00. The fraction of sp³-hybridized carbons (Fsp3) is 1.00. The molecule has 9 heavy (non-hydrogen) atoms. The van der Waals surface area contributed by atoms with E-state index in [1.54, 1.807) is 0 Å². The monoisotopic (exact) mass is 172 g/mol. The summed E-state index contributed by atoms with van der Waals surface area (Å²) in [6, 6.07) is 0. The van der Waals surface area contributed by atoms with E-state index in [9.17, 15) is 0 Å². The molecule has 56 valence electrons. The maximum absolute atomic E-state index is 8.25. The molecule has 4 nitrogen and oxygen atoms in total. The molecule has 0 aromatic rings. The minimum absolute atomic E-state index is 0. The first-order chi connectivity index (χ1) is 4.00. The maximum atomic E-state index is 8.25. The molecular formula is C4H12O4Ti. The van der Waals surface area contributed by atoms with Gasteiger partial charge in [-0.1, -0.05) is 0 Å². The molecule has 0 saturated carbocycles. The third-order valence-electron chi connectivity index (χ3n) is 0. The van der Waals surface area contributed by atoms with Crippen molar-refractivity contribution >= 4 is 0 Å². The molecule has 0 amide bonds. The average Bonchev–Trinajstić information content (AvgIpc) is 2.03. The molecule has 0 bridgehead atoms. The molecule has 0 aliphatic rings. The molecule has 0 spiro atoms. The van der Waals surface area contributed by atoms with Crippen molar-refractivity contribution in [2.45, 2.75) is 0 Å². The Morgan fingerprint density at radius 2 is 0.444 bits per heavy atom. The van der Waals surface area contributed by atoms with Crippen molar-refractivity contribution < 1.29 is 42.1 Å². The number of hydrogen-bond acceptors (Lipinski definition) is 4. The van der Waals surface area contributed by atoms with Crippen LogP contribution in [-0.2, 0) is 21.7 Å². The Kier molecular flexibility index (Phi) is 5950. The SMILES string of the molecule is C[O-].C[O-].C[O-].C[O-].[Ti+4]. The number of rotatable bonds is 0. The van der Waals surface area contributed by atoms with Gasteiger partial charge in [0.1, 0.15) is 0 Å². The van der Waals surface area contributed by atoms with Gasteiger partial charge in [0.05, 0.1) is 0 Å². The summed E-state index contributed by atoms with van der Waals surface area (Å²) in [6.45, 7) is 0. The van der Waals surface area contributed by atoms with Crippen LogP contribution in [0.2, 0.25) is 0 Å². The molecule has 0 atom stereocenters. The quantitative estimate of drug-likeness (QED) is 0.347. The van der Waals surface area contributed by atoms with Gasteiger partial charge in [-0.15, -0.1) is 0 Å². The largest absolute Gasteiger partial charge is 4.00 e. The van der Waals surface area contributed by atoms with Crippen LogP contribution in [0.15, 0.2) is 0 Å². The predicted molar refractivity (Wildman–Crippen MR) is 23.7 cm³/mol. The van der Waals surface area contributed by atoms with Crippen LogP contribution in [0, 0.1) is 0 Å². The van der Waals surface area contributed by atoms with Gasteiger partial charge in [-0.2, -0.15) is 28.4 Å². The number of hydrogen-bond donors (Lipinski definition) is 0. The van der Waals surface area contributed by atoms with Crippen LogP contribution < -0.4 is 20.4 Å². The summed E-state index contributed by atoms with van der Waals surface area (Å²) < 4.78 is 0. The topological polar surface area (TPSA) is 92.2 Å². The first-order valence-electron chi connectivity index (χ1n) is 1.63. The summed E-state index contributed by atoms with van der Waals surface area (Å²) in [6.07, 6.45) is 0. The Hall–Kier alpha value is 0.554. The van der Waals surface area contributed by atoms with E-state index in [0.29, 0.717) is 0 Å². The zero-order valence-electron chi connectivity index (χ0n) is 6.13. The second kappa shape index (κ2) is 1590. The minimum atomic E-state index is 0. The van der Waals surface area contributed by atoms with Gasteiger partial charge in [0, 0.05) is 0 Å². The summed E-state index contributed by atoms with van der Waals surface area (Å²) in [7, 11) is 3.00. The first-order valence-corrected chi connectivity index (χ1v) is 1.63. The van der Waals surface area contributed by atoms with Crippen molar-refractivity contribution in [3.05, 3.63) is 0 Å². The molecule has 0 aliphatic heterocycles. The van der Waals surface area contributed by atoms with E-state index in [-0.39, 0.29) is 21.7 Å². The third-order valence-corrected chi connectivity index (χ3v) is 0. The smallest absolute Gasteiger partial charge is 0.857 e. The van der Waals surface area contributed by atoms with Crippen molar-refractivity contribution in [2.75, 3.05) is 28.4 Å². The fourth-order valence-corrected chi connectivity index (χ4v) is 0. The fourth-order valence-electron chi connectivity index (χ4n) is 0. The van der Waals surface area contributed by atoms with Crippen molar-refractivity contribution in [3.8, 4) is 0 Å². The van der Waals surface area contributed by atoms with Crippen molar-refractivity contribution in [2.24, 2.45) is 0 Å². The van der Waals surface area contributed by atoms with E-state index < -0.39 is 0 Å². The van der Waals surface area contributed by atoms with Crippen LogP contribution >= 0.6 is 0 Å². The predicted octanol–water partition coefficient (Wildman–Crippen LogP) is -4.10. The minimum Gasteiger partial charge on any atom is -0.857 e. The molecule has 0 aromatic carbocycles. The van der Waals surface area contributed by atoms with E-state index in [1.165, 1.54) is 0 Å². The van der Waals surface area contributed by atoms with E-state index in [2.05, 4.69) is 0 Å². The van der Waals surface area contributed by atoms with Crippen LogP contribution in [0.4, 0.5) is 0 Å². The molecule has 0 rings (SSSR count). The van der Waals surface area contributed by atoms with Crippen molar-refractivity contribution in [1.29, 1.82) is 0 Å². The van der Waals surface area contributed by atoms with Gasteiger partial charge < -0.3 is 20.4 Å². The molecular weight excluding hydrogens is 160 g/mol. The summed E-state index contributed by atoms with van der Waals surface area (Å²) in [5.74, 6) is 0. The normalized spacial score (nSPS) is 2.67. The van der Waals surface area contributed by atoms with Crippen molar-refractivity contribution in [1.82, 2.24) is 0 Å². The van der Waals surface area contributed by atoms with Crippen LogP contribution in [0.1, 0.15) is 0 Å². The summed E-state index contributed by atoms with van der Waals surface area (Å²) in [5, 5.41) is 33.0. The van der Waals surface area contributed by atoms with Gasteiger partial charge in [0.2, 0.25) is 0 Å². The van der Waals surface area contributed by atoms with Crippen LogP contribution in [-0.4, -0.2) is 28.4 Å². The van der Waals surface area contributed by atoms with E-state index >= 15 is 0 Å². The van der Waals surface area contributed by atoms with Crippen LogP contribution in [0.5, 0.6) is 0 Å². The zero-order valence-corrected chi connectivity index (χ0v) is 7.69. The standard InChI is InChI=1S/4CH3O.Ti/c4*1-2;/h4*1H3;/q4*-1;+4. The van der Waals surface area contributed by atoms with Gasteiger partial charge in [-0.3, -0.25) is 0 Å². The Morgan fingerprint density at radius 3 is 0.444 bits per heavy atom. The second-order valence-corrected chi connectivity index (χ2v) is 0. The molecule has 5 heteroatoms. The van der Waals surface area contributed by atoms with E-state index in [1.807, 2.05) is 0 Å². The van der Waals surface area contributed by atoms with Crippen molar-refractivity contribution in [3.63, 3.8) is 0 Å². The summed E-state index contributed by atoms with van der Waals surface area (Å²) >= 11 is 0. The third kappa shape index (κ3) is 1200. The van der Waals surface area contributed by atoms with Crippen LogP contribution in [0.3, 0.4) is 0 Å². The molecule has 0 aromatic heterocycles. The molecule has 0 aliphatic carbocycles. The molecule has 0 fully saturated rings. The Balaban J connectivity index is -0.00000000762. The molecule has 0 saturated heterocycles. The Bertz CT molecular complexity index is 12.5. The van der Waals surface area contributed by atoms with Gasteiger partial charge >= 0.3 is 21.7 Å². The second-order valence-electron chi connectivity index (χ2n) is 0. The molecule has 0 N–H and O–H groups in total. The van der Waals surface area contributed by atoms with Gasteiger partial charge in [-0.05, 0) is 0 Å². The van der Waals surface area contributed by atoms with Gasteiger partial charge in [0.15, 0.2) is 0 Å². The molecule has 0 unspecified atom stereocenters. The van der Waals surface area contributed by atoms with E-state index in [4.69, 9.17) is 20.4 Å². The van der Waals surface area contributed by atoms with Gasteiger partial charge in [-0.25, -0.2) is 0 Å². The Morgan fingerprint density at radius 1 is 0.444 bits per heavy atom. The first kappa shape index (κ1) is 33.7. The van der Waals surface area contributed by atoms with Gasteiger partial charge in [0.25, 0.3) is 0 Å². The van der Waals surface area contributed by atoms with Crippen LogP contribution in [0.25, 0.3) is 0 Å². The summed E-state index contributed by atoms with van der Waals surface area (Å²) in [4.78, 5) is 0. The molecule has 0 radical (unpaired) electrons. The molecule has 0 heterocycles. The maximum Gasteiger partial charge on any atom is 4.00 e. The van der Waals surface area contributed by atoms with E-state index in [0.717, 1.165) is 28.4 Å². The summed E-state index contributed by atoms with van der Waals surface area (Å²) in [5.41, 5.74) is 0. The Labute approximate surface area is 71.0 Å².